The molecule has 0 bridgehead atoms. The van der Waals surface area contributed by atoms with Crippen LogP contribution in [0.3, 0.4) is 0 Å². The van der Waals surface area contributed by atoms with Gasteiger partial charge in [0, 0.05) is 26.2 Å². The van der Waals surface area contributed by atoms with Crippen molar-refractivity contribution in [1.29, 1.82) is 0 Å². The van der Waals surface area contributed by atoms with E-state index >= 15 is 0 Å². The van der Waals surface area contributed by atoms with Gasteiger partial charge in [-0.3, -0.25) is 4.79 Å². The van der Waals surface area contributed by atoms with E-state index in [0.717, 1.165) is 0 Å². The lowest BCUT2D eigenvalue weighted by molar-refractivity contribution is -0.228. The lowest BCUT2D eigenvalue weighted by Gasteiger charge is -2.28. The van der Waals surface area contributed by atoms with E-state index in [9.17, 15) is 9.59 Å². The molecule has 0 fully saturated rings. The Hall–Kier alpha value is -1.76. The molecular formula is C13H17NO5. The third kappa shape index (κ3) is 3.37. The molecule has 1 aromatic carbocycles. The molecule has 0 saturated carbocycles. The van der Waals surface area contributed by atoms with Gasteiger partial charge in [0.25, 0.3) is 5.79 Å². The summed E-state index contributed by atoms with van der Waals surface area (Å²) in [7, 11) is 2.38. The Balaban J connectivity index is 2.86. The maximum Gasteiger partial charge on any atom is 0.364 e. The maximum absolute atomic E-state index is 12.0. The summed E-state index contributed by atoms with van der Waals surface area (Å²) in [6, 6.07) is 7.38. The van der Waals surface area contributed by atoms with Crippen molar-refractivity contribution in [3.63, 3.8) is 0 Å². The normalized spacial score (nSPS) is 13.0. The first-order valence-electron chi connectivity index (χ1n) is 5.65. The first kappa shape index (κ1) is 15.3. The SMILES string of the molecule is COC(CC(N)C(=O)c1ccccc1)(OC)C(=O)O. The molecule has 0 spiro atoms. The molecule has 0 aliphatic carbocycles. The summed E-state index contributed by atoms with van der Waals surface area (Å²) in [6.07, 6.45) is -0.275. The summed E-state index contributed by atoms with van der Waals surface area (Å²) in [5.41, 5.74) is 6.17. The first-order valence-corrected chi connectivity index (χ1v) is 5.65. The van der Waals surface area contributed by atoms with Crippen LogP contribution in [0.15, 0.2) is 30.3 Å². The highest BCUT2D eigenvalue weighted by Gasteiger charge is 2.42. The summed E-state index contributed by atoms with van der Waals surface area (Å²) >= 11 is 0. The number of carboxylic acids is 1. The third-order valence-corrected chi connectivity index (χ3v) is 2.87. The minimum atomic E-state index is -1.91. The standard InChI is InChI=1S/C13H17NO5/c1-18-13(19-2,12(16)17)8-10(14)11(15)9-6-4-3-5-7-9/h3-7,10H,8,14H2,1-2H3,(H,16,17). The monoisotopic (exact) mass is 267 g/mol. The number of ether oxygens (including phenoxy) is 2. The van der Waals surface area contributed by atoms with Crippen molar-refractivity contribution >= 4 is 11.8 Å². The highest BCUT2D eigenvalue weighted by atomic mass is 16.7. The second-order valence-corrected chi connectivity index (χ2v) is 4.01. The van der Waals surface area contributed by atoms with Crippen LogP contribution in [0, 0.1) is 0 Å². The zero-order valence-electron chi connectivity index (χ0n) is 10.8. The van der Waals surface area contributed by atoms with Crippen molar-refractivity contribution in [1.82, 2.24) is 0 Å². The van der Waals surface area contributed by atoms with Gasteiger partial charge in [0.15, 0.2) is 5.78 Å². The van der Waals surface area contributed by atoms with Gasteiger partial charge in [0.05, 0.1) is 6.04 Å². The molecule has 1 unspecified atom stereocenters. The van der Waals surface area contributed by atoms with Crippen molar-refractivity contribution in [3.05, 3.63) is 35.9 Å². The van der Waals surface area contributed by atoms with Gasteiger partial charge < -0.3 is 20.3 Å². The molecule has 19 heavy (non-hydrogen) atoms. The summed E-state index contributed by atoms with van der Waals surface area (Å²) < 4.78 is 9.70. The number of methoxy groups -OCH3 is 2. The molecule has 0 aromatic heterocycles. The van der Waals surface area contributed by atoms with E-state index in [2.05, 4.69) is 0 Å². The molecule has 0 aliphatic rings. The second kappa shape index (κ2) is 6.42. The molecule has 0 aliphatic heterocycles. The summed E-state index contributed by atoms with van der Waals surface area (Å²) in [5, 5.41) is 9.11. The van der Waals surface area contributed by atoms with Crippen LogP contribution in [0.5, 0.6) is 0 Å². The lowest BCUT2D eigenvalue weighted by Crippen LogP contribution is -2.49. The second-order valence-electron chi connectivity index (χ2n) is 4.01. The first-order chi connectivity index (χ1) is 8.96. The van der Waals surface area contributed by atoms with Crippen molar-refractivity contribution < 1.29 is 24.2 Å². The predicted molar refractivity (Wildman–Crippen MR) is 67.7 cm³/mol. The number of Topliss-reactive ketones (excluding diaryl/α,β-unsaturated/α-hetero) is 1. The third-order valence-electron chi connectivity index (χ3n) is 2.87. The van der Waals surface area contributed by atoms with Crippen LogP contribution in [-0.2, 0) is 14.3 Å². The number of rotatable bonds is 7. The van der Waals surface area contributed by atoms with Crippen molar-refractivity contribution in [2.45, 2.75) is 18.2 Å². The smallest absolute Gasteiger partial charge is 0.364 e. The number of carbonyl (C=O) groups is 2. The van der Waals surface area contributed by atoms with Crippen molar-refractivity contribution in [2.75, 3.05) is 14.2 Å². The summed E-state index contributed by atoms with van der Waals surface area (Å²) in [6.45, 7) is 0. The topological polar surface area (TPSA) is 98.9 Å². The molecular weight excluding hydrogens is 250 g/mol. The average Bonchev–Trinajstić information content (AvgIpc) is 2.44. The van der Waals surface area contributed by atoms with Gasteiger partial charge in [-0.05, 0) is 0 Å². The Morgan fingerprint density at radius 2 is 1.79 bits per heavy atom. The number of nitrogens with two attached hydrogens (primary N) is 1. The molecule has 6 heteroatoms. The quantitative estimate of drug-likeness (QED) is 0.556. The van der Waals surface area contributed by atoms with Crippen LogP contribution in [-0.4, -0.2) is 42.9 Å². The van der Waals surface area contributed by atoms with Gasteiger partial charge in [-0.15, -0.1) is 0 Å². The van der Waals surface area contributed by atoms with E-state index in [1.165, 1.54) is 14.2 Å². The van der Waals surface area contributed by atoms with Crippen LogP contribution < -0.4 is 5.73 Å². The number of aliphatic carboxylic acids is 1. The van der Waals surface area contributed by atoms with E-state index in [4.69, 9.17) is 20.3 Å². The van der Waals surface area contributed by atoms with Gasteiger partial charge in [-0.1, -0.05) is 30.3 Å². The number of carbonyl (C=O) groups excluding carboxylic acids is 1. The van der Waals surface area contributed by atoms with E-state index in [0.29, 0.717) is 5.56 Å². The Bertz CT molecular complexity index is 442. The molecule has 0 amide bonds. The van der Waals surface area contributed by atoms with Gasteiger partial charge in [-0.2, -0.15) is 0 Å². The average molecular weight is 267 g/mol. The fourth-order valence-electron chi connectivity index (χ4n) is 1.71. The Morgan fingerprint density at radius 1 is 1.26 bits per heavy atom. The Labute approximate surface area is 111 Å². The molecule has 3 N–H and O–H groups in total. The van der Waals surface area contributed by atoms with Crippen LogP contribution in [0.4, 0.5) is 0 Å². The van der Waals surface area contributed by atoms with Crippen LogP contribution in [0.1, 0.15) is 16.8 Å². The van der Waals surface area contributed by atoms with E-state index in [-0.39, 0.29) is 12.2 Å². The molecule has 1 rings (SSSR count). The largest absolute Gasteiger partial charge is 0.477 e. The highest BCUT2D eigenvalue weighted by molar-refractivity contribution is 6.00. The molecule has 0 heterocycles. The predicted octanol–water partition coefficient (Wildman–Crippen LogP) is 0.660. The molecule has 6 nitrogen and oxygen atoms in total. The minimum Gasteiger partial charge on any atom is -0.477 e. The number of ketones is 1. The van der Waals surface area contributed by atoms with Gasteiger partial charge in [0.1, 0.15) is 0 Å². The Kier molecular flexibility index (Phi) is 5.17. The lowest BCUT2D eigenvalue weighted by atomic mass is 9.98. The fourth-order valence-corrected chi connectivity index (χ4v) is 1.71. The zero-order chi connectivity index (χ0) is 14.5. The van der Waals surface area contributed by atoms with Crippen LogP contribution in [0.2, 0.25) is 0 Å². The summed E-state index contributed by atoms with van der Waals surface area (Å²) in [5.74, 6) is -3.60. The number of benzene rings is 1. The number of hydrogen-bond donors (Lipinski definition) is 2. The van der Waals surface area contributed by atoms with Crippen LogP contribution >= 0.6 is 0 Å². The fraction of sp³-hybridized carbons (Fsp3) is 0.385. The Morgan fingerprint density at radius 3 is 2.21 bits per heavy atom. The van der Waals surface area contributed by atoms with Gasteiger partial charge >= 0.3 is 5.97 Å². The number of hydrogen-bond acceptors (Lipinski definition) is 5. The van der Waals surface area contributed by atoms with E-state index in [1.54, 1.807) is 30.3 Å². The van der Waals surface area contributed by atoms with Gasteiger partial charge in [0.2, 0.25) is 0 Å². The maximum atomic E-state index is 12.0. The molecule has 0 saturated heterocycles. The number of carboxylic acid groups (broad SMARTS) is 1. The zero-order valence-corrected chi connectivity index (χ0v) is 10.8. The van der Waals surface area contributed by atoms with Crippen LogP contribution in [0.25, 0.3) is 0 Å². The highest BCUT2D eigenvalue weighted by Crippen LogP contribution is 2.20. The summed E-state index contributed by atoms with van der Waals surface area (Å²) in [4.78, 5) is 23.2. The van der Waals surface area contributed by atoms with E-state index in [1.807, 2.05) is 0 Å². The van der Waals surface area contributed by atoms with E-state index < -0.39 is 17.8 Å². The molecule has 1 aromatic rings. The van der Waals surface area contributed by atoms with Crippen molar-refractivity contribution in [3.8, 4) is 0 Å². The molecule has 0 radical (unpaired) electrons. The molecule has 104 valence electrons. The van der Waals surface area contributed by atoms with Gasteiger partial charge in [-0.25, -0.2) is 4.79 Å². The molecule has 1 atom stereocenters. The minimum absolute atomic E-state index is 0.275. The van der Waals surface area contributed by atoms with Crippen molar-refractivity contribution in [2.24, 2.45) is 5.73 Å².